The summed E-state index contributed by atoms with van der Waals surface area (Å²) in [7, 11) is 0. The summed E-state index contributed by atoms with van der Waals surface area (Å²) in [5.41, 5.74) is 6.88. The van der Waals surface area contributed by atoms with Gasteiger partial charge in [-0.05, 0) is 49.6 Å². The van der Waals surface area contributed by atoms with Crippen LogP contribution >= 0.6 is 11.8 Å². The number of aromatic nitrogens is 3. The van der Waals surface area contributed by atoms with Crippen molar-refractivity contribution in [1.82, 2.24) is 15.0 Å². The zero-order chi connectivity index (χ0) is 14.8. The van der Waals surface area contributed by atoms with Gasteiger partial charge in [0.15, 0.2) is 5.16 Å². The van der Waals surface area contributed by atoms with Gasteiger partial charge in [0.25, 0.3) is 5.56 Å². The molecule has 1 aliphatic rings. The van der Waals surface area contributed by atoms with E-state index in [9.17, 15) is 4.79 Å². The lowest BCUT2D eigenvalue weighted by Crippen LogP contribution is -2.08. The lowest BCUT2D eigenvalue weighted by atomic mass is 10.4. The molecule has 2 heterocycles. The minimum Gasteiger partial charge on any atom is -0.476 e. The Morgan fingerprint density at radius 2 is 2.24 bits per heavy atom. The Kier molecular flexibility index (Phi) is 3.83. The van der Waals surface area contributed by atoms with E-state index in [0.29, 0.717) is 40.0 Å². The lowest BCUT2D eigenvalue weighted by Gasteiger charge is -2.08. The van der Waals surface area contributed by atoms with Gasteiger partial charge in [0.05, 0.1) is 12.3 Å². The third-order valence-electron chi connectivity index (χ3n) is 3.07. The fourth-order valence-electron chi connectivity index (χ4n) is 1.79. The van der Waals surface area contributed by atoms with Crippen molar-refractivity contribution in [1.29, 1.82) is 0 Å². The first kappa shape index (κ1) is 13.9. The molecule has 1 saturated carbocycles. The maximum absolute atomic E-state index is 11.4. The number of nitrogens with two attached hydrogens (primary N) is 1. The standard InChI is InChI=1S/C14H16N4O2S/c1-8-6-11(19)17-14(16-8)21-12-5-4-10(15)13(18-12)20-7-9-2-3-9/h4-6,9H,2-3,7,15H2,1H3,(H,16,17,19). The topological polar surface area (TPSA) is 93.9 Å². The third-order valence-corrected chi connectivity index (χ3v) is 3.89. The number of nitrogens with zero attached hydrogens (tertiary/aromatic N) is 2. The Bertz CT molecular complexity index is 712. The molecule has 0 unspecified atom stereocenters. The highest BCUT2D eigenvalue weighted by Crippen LogP contribution is 2.32. The molecule has 7 heteroatoms. The molecule has 3 rings (SSSR count). The number of H-pyrrole nitrogens is 1. The number of hydrogen-bond acceptors (Lipinski definition) is 6. The van der Waals surface area contributed by atoms with Gasteiger partial charge in [0.1, 0.15) is 5.03 Å². The van der Waals surface area contributed by atoms with Crippen LogP contribution in [0.3, 0.4) is 0 Å². The minimum atomic E-state index is -0.175. The Morgan fingerprint density at radius 1 is 1.43 bits per heavy atom. The first-order chi connectivity index (χ1) is 10.1. The van der Waals surface area contributed by atoms with Gasteiger partial charge in [0, 0.05) is 11.8 Å². The predicted molar refractivity (Wildman–Crippen MR) is 80.6 cm³/mol. The third kappa shape index (κ3) is 3.75. The van der Waals surface area contributed by atoms with Crippen LogP contribution in [-0.2, 0) is 0 Å². The van der Waals surface area contributed by atoms with Crippen LogP contribution in [0.5, 0.6) is 5.88 Å². The highest BCUT2D eigenvalue weighted by molar-refractivity contribution is 7.99. The molecular weight excluding hydrogens is 288 g/mol. The van der Waals surface area contributed by atoms with Crippen molar-refractivity contribution < 1.29 is 4.74 Å². The molecule has 0 aromatic carbocycles. The van der Waals surface area contributed by atoms with E-state index in [4.69, 9.17) is 10.5 Å². The Morgan fingerprint density at radius 3 is 2.95 bits per heavy atom. The van der Waals surface area contributed by atoms with Crippen molar-refractivity contribution in [2.45, 2.75) is 29.9 Å². The van der Waals surface area contributed by atoms with Gasteiger partial charge in [-0.2, -0.15) is 0 Å². The highest BCUT2D eigenvalue weighted by atomic mass is 32.2. The molecule has 6 nitrogen and oxygen atoms in total. The van der Waals surface area contributed by atoms with E-state index >= 15 is 0 Å². The number of nitrogen functional groups attached to an aromatic ring is 1. The molecule has 1 aliphatic carbocycles. The van der Waals surface area contributed by atoms with E-state index in [1.54, 1.807) is 19.1 Å². The fourth-order valence-corrected chi connectivity index (χ4v) is 2.59. The summed E-state index contributed by atoms with van der Waals surface area (Å²) >= 11 is 1.28. The van der Waals surface area contributed by atoms with E-state index in [2.05, 4.69) is 15.0 Å². The number of rotatable bonds is 5. The maximum atomic E-state index is 11.4. The number of nitrogens with one attached hydrogen (secondary N) is 1. The summed E-state index contributed by atoms with van der Waals surface area (Å²) < 4.78 is 5.64. The molecule has 0 aliphatic heterocycles. The number of ether oxygens (including phenoxy) is 1. The molecule has 1 fully saturated rings. The lowest BCUT2D eigenvalue weighted by molar-refractivity contribution is 0.288. The second-order valence-corrected chi connectivity index (χ2v) is 6.10. The van der Waals surface area contributed by atoms with E-state index in [1.165, 1.54) is 30.7 Å². The van der Waals surface area contributed by atoms with Crippen LogP contribution in [-0.4, -0.2) is 21.6 Å². The molecular formula is C14H16N4O2S. The molecule has 0 saturated heterocycles. The second-order valence-electron chi connectivity index (χ2n) is 5.09. The van der Waals surface area contributed by atoms with Gasteiger partial charge in [-0.3, -0.25) is 4.79 Å². The summed E-state index contributed by atoms with van der Waals surface area (Å²) in [6.07, 6.45) is 2.42. The SMILES string of the molecule is Cc1cc(=O)[nH]c(Sc2ccc(N)c(OCC3CC3)n2)n1. The first-order valence-electron chi connectivity index (χ1n) is 6.75. The Hall–Kier alpha value is -2.02. The summed E-state index contributed by atoms with van der Waals surface area (Å²) in [5, 5.41) is 1.19. The van der Waals surface area contributed by atoms with Crippen molar-refractivity contribution in [2.24, 2.45) is 5.92 Å². The monoisotopic (exact) mass is 304 g/mol. The molecule has 0 radical (unpaired) electrons. The van der Waals surface area contributed by atoms with Crippen LogP contribution in [0.15, 0.2) is 33.2 Å². The molecule has 21 heavy (non-hydrogen) atoms. The van der Waals surface area contributed by atoms with E-state index in [-0.39, 0.29) is 5.56 Å². The molecule has 110 valence electrons. The summed E-state index contributed by atoms with van der Waals surface area (Å²) in [5.74, 6) is 1.08. The van der Waals surface area contributed by atoms with Gasteiger partial charge in [-0.15, -0.1) is 0 Å². The van der Waals surface area contributed by atoms with Gasteiger partial charge >= 0.3 is 0 Å². The van der Waals surface area contributed by atoms with Crippen LogP contribution in [0.25, 0.3) is 0 Å². The number of hydrogen-bond donors (Lipinski definition) is 2. The second kappa shape index (κ2) is 5.77. The normalized spacial score (nSPS) is 14.1. The molecule has 2 aromatic heterocycles. The molecule has 0 spiro atoms. The van der Waals surface area contributed by atoms with Gasteiger partial charge in [-0.1, -0.05) is 0 Å². The Balaban J connectivity index is 1.77. The van der Waals surface area contributed by atoms with Crippen molar-refractivity contribution in [3.05, 3.63) is 34.2 Å². The summed E-state index contributed by atoms with van der Waals surface area (Å²) in [6, 6.07) is 4.99. The van der Waals surface area contributed by atoms with Crippen molar-refractivity contribution in [3.8, 4) is 5.88 Å². The quantitative estimate of drug-likeness (QED) is 0.821. The zero-order valence-electron chi connectivity index (χ0n) is 11.6. The molecule has 0 bridgehead atoms. The summed E-state index contributed by atoms with van der Waals surface area (Å²) in [6.45, 7) is 2.44. The van der Waals surface area contributed by atoms with Crippen LogP contribution in [0.2, 0.25) is 0 Å². The largest absolute Gasteiger partial charge is 0.476 e. The summed E-state index contributed by atoms with van der Waals surface area (Å²) in [4.78, 5) is 22.7. The van der Waals surface area contributed by atoms with Crippen LogP contribution in [0.4, 0.5) is 5.69 Å². The van der Waals surface area contributed by atoms with Crippen molar-refractivity contribution >= 4 is 17.4 Å². The number of aryl methyl sites for hydroxylation is 1. The average molecular weight is 304 g/mol. The molecule has 0 atom stereocenters. The molecule has 2 aromatic rings. The molecule has 3 N–H and O–H groups in total. The van der Waals surface area contributed by atoms with Crippen molar-refractivity contribution in [2.75, 3.05) is 12.3 Å². The minimum absolute atomic E-state index is 0.175. The van der Waals surface area contributed by atoms with Gasteiger partial charge in [-0.25, -0.2) is 9.97 Å². The zero-order valence-corrected chi connectivity index (χ0v) is 12.4. The Labute approximate surface area is 126 Å². The van der Waals surface area contributed by atoms with Crippen LogP contribution < -0.4 is 16.0 Å². The van der Waals surface area contributed by atoms with Crippen LogP contribution in [0.1, 0.15) is 18.5 Å². The van der Waals surface area contributed by atoms with Crippen molar-refractivity contribution in [3.63, 3.8) is 0 Å². The fraction of sp³-hybridized carbons (Fsp3) is 0.357. The molecule has 0 amide bonds. The van der Waals surface area contributed by atoms with Gasteiger partial charge in [0.2, 0.25) is 5.88 Å². The van der Waals surface area contributed by atoms with E-state index < -0.39 is 0 Å². The predicted octanol–water partition coefficient (Wildman–Crippen LogP) is 2.00. The smallest absolute Gasteiger partial charge is 0.251 e. The van der Waals surface area contributed by atoms with E-state index in [1.807, 2.05) is 0 Å². The number of aromatic amines is 1. The van der Waals surface area contributed by atoms with Gasteiger partial charge < -0.3 is 15.5 Å². The first-order valence-corrected chi connectivity index (χ1v) is 7.57. The average Bonchev–Trinajstić information content (AvgIpc) is 3.22. The maximum Gasteiger partial charge on any atom is 0.251 e. The number of pyridine rings is 1. The van der Waals surface area contributed by atoms with E-state index in [0.717, 1.165) is 0 Å². The number of anilines is 1. The van der Waals surface area contributed by atoms with Crippen LogP contribution in [0, 0.1) is 12.8 Å². The highest BCUT2D eigenvalue weighted by Gasteiger charge is 2.22.